The van der Waals surface area contributed by atoms with Gasteiger partial charge >= 0.3 is 36.9 Å². The quantitative estimate of drug-likeness (QED) is 0.0442. The Morgan fingerprint density at radius 3 is 0.574 bits per heavy atom. The molecule has 0 rings (SSSR count). The van der Waals surface area contributed by atoms with Crippen LogP contribution >= 0.6 is 0 Å². The molecule has 0 bridgehead atoms. The summed E-state index contributed by atoms with van der Waals surface area (Å²) in [7, 11) is 0. The van der Waals surface area contributed by atoms with Gasteiger partial charge in [-0.15, -0.1) is 0 Å². The third-order valence-corrected chi connectivity index (χ3v) is 10.9. The predicted octanol–water partition coefficient (Wildman–Crippen LogP) is 14.3. The second-order valence-electron chi connectivity index (χ2n) is 17.1. The predicted molar refractivity (Wildman–Crippen MR) is 253 cm³/mol. The van der Waals surface area contributed by atoms with Gasteiger partial charge in [0.05, 0.1) is 0 Å². The fourth-order valence-corrected chi connectivity index (χ4v) is 7.02. The molecule has 366 valence electrons. The average Bonchev–Trinajstić information content (AvgIpc) is 3.22. The maximum Gasteiger partial charge on any atom is 3.00 e. The minimum absolute atomic E-state index is 0. The van der Waals surface area contributed by atoms with Gasteiger partial charge in [-0.05, 0) is 116 Å². The zero-order chi connectivity index (χ0) is 44.7. The van der Waals surface area contributed by atoms with Crippen molar-refractivity contribution in [2.45, 2.75) is 290 Å². The van der Waals surface area contributed by atoms with Crippen LogP contribution in [0.25, 0.3) is 0 Å². The van der Waals surface area contributed by atoms with E-state index in [1.165, 1.54) is 193 Å². The summed E-state index contributed by atoms with van der Waals surface area (Å²) in [6.45, 7) is 6.77. The number of unbranched alkanes of at least 4 members (excludes halogenated alkanes) is 33. The van der Waals surface area contributed by atoms with Gasteiger partial charge in [0.1, 0.15) is 0 Å². The second kappa shape index (κ2) is 63.2. The number of hydrogen-bond acceptors (Lipinski definition) is 6. The molecule has 0 aromatic carbocycles. The standard InChI is InChI=1S/3C18H34O2.Lu/c3*1-2-3-4-5-6-7-8-9-10-11-12-13-14-15-16-17-18(19)20;/h3*9-10H,2-8,11-17H2,1H3,(H,19,20);/q;;;+3/p-3/b3*10-9-;. The number of aliphatic carboxylic acids is 3. The van der Waals surface area contributed by atoms with Crippen LogP contribution in [0.4, 0.5) is 0 Å². The van der Waals surface area contributed by atoms with Crippen molar-refractivity contribution in [1.29, 1.82) is 0 Å². The van der Waals surface area contributed by atoms with Crippen molar-refractivity contribution in [3.63, 3.8) is 0 Å². The normalized spacial score (nSPS) is 11.1. The Balaban J connectivity index is -0.000000396. The van der Waals surface area contributed by atoms with Crippen molar-refractivity contribution in [3.05, 3.63) is 36.5 Å². The van der Waals surface area contributed by atoms with Crippen LogP contribution in [-0.2, 0) is 14.4 Å². The topological polar surface area (TPSA) is 120 Å². The number of hydrogen-bond donors (Lipinski definition) is 0. The molecule has 0 aromatic rings. The van der Waals surface area contributed by atoms with Crippen LogP contribution in [-0.4, -0.2) is 17.9 Å². The first-order valence-electron chi connectivity index (χ1n) is 25.9. The number of rotatable bonds is 45. The van der Waals surface area contributed by atoms with Crippen molar-refractivity contribution in [2.24, 2.45) is 0 Å². The van der Waals surface area contributed by atoms with E-state index >= 15 is 0 Å². The summed E-state index contributed by atoms with van der Waals surface area (Å²) in [4.78, 5) is 30.6. The third-order valence-electron chi connectivity index (χ3n) is 10.9. The van der Waals surface area contributed by atoms with Gasteiger partial charge < -0.3 is 29.7 Å². The van der Waals surface area contributed by atoms with Crippen LogP contribution in [0.2, 0.25) is 0 Å². The van der Waals surface area contributed by atoms with Gasteiger partial charge in [-0.2, -0.15) is 0 Å². The van der Waals surface area contributed by atoms with Crippen LogP contribution in [0.1, 0.15) is 290 Å². The van der Waals surface area contributed by atoms with Gasteiger partial charge in [0.25, 0.3) is 0 Å². The molecular weight excluding hydrogens is 920 g/mol. The first-order chi connectivity index (χ1) is 29.3. The first kappa shape index (κ1) is 66.5. The fraction of sp³-hybridized carbons (Fsp3) is 0.833. The van der Waals surface area contributed by atoms with E-state index in [2.05, 4.69) is 57.2 Å². The maximum absolute atomic E-state index is 10.2. The van der Waals surface area contributed by atoms with Crippen LogP contribution < -0.4 is 15.3 Å². The molecule has 0 saturated heterocycles. The first-order valence-corrected chi connectivity index (χ1v) is 25.9. The Morgan fingerprint density at radius 2 is 0.410 bits per heavy atom. The van der Waals surface area contributed by atoms with E-state index in [-0.39, 0.29) is 56.1 Å². The van der Waals surface area contributed by atoms with E-state index in [1.54, 1.807) is 0 Å². The Labute approximate surface area is 408 Å². The van der Waals surface area contributed by atoms with Crippen LogP contribution in [0.15, 0.2) is 36.5 Å². The summed E-state index contributed by atoms with van der Waals surface area (Å²) >= 11 is 0. The number of carbonyl (C=O) groups is 3. The van der Waals surface area contributed by atoms with E-state index in [4.69, 9.17) is 0 Å². The van der Waals surface area contributed by atoms with E-state index < -0.39 is 17.9 Å². The molecule has 0 aliphatic heterocycles. The van der Waals surface area contributed by atoms with Gasteiger partial charge in [0, 0.05) is 17.9 Å². The summed E-state index contributed by atoms with van der Waals surface area (Å²) in [6.07, 6.45) is 62.7. The Morgan fingerprint density at radius 1 is 0.262 bits per heavy atom. The summed E-state index contributed by atoms with van der Waals surface area (Å²) in [5.74, 6) is -2.74. The van der Waals surface area contributed by atoms with Crippen molar-refractivity contribution in [3.8, 4) is 0 Å². The molecule has 0 saturated carbocycles. The van der Waals surface area contributed by atoms with Crippen molar-refractivity contribution >= 4 is 17.9 Å². The number of allylic oxidation sites excluding steroid dienone is 6. The average molecular weight is 1020 g/mol. The van der Waals surface area contributed by atoms with E-state index in [9.17, 15) is 29.7 Å². The molecule has 0 heterocycles. The van der Waals surface area contributed by atoms with E-state index in [0.717, 1.165) is 57.8 Å². The zero-order valence-electron chi connectivity index (χ0n) is 40.4. The van der Waals surface area contributed by atoms with Crippen molar-refractivity contribution in [2.75, 3.05) is 0 Å². The van der Waals surface area contributed by atoms with Gasteiger partial charge in [0.2, 0.25) is 0 Å². The molecule has 7 heteroatoms. The van der Waals surface area contributed by atoms with E-state index in [0.29, 0.717) is 0 Å². The minimum atomic E-state index is -0.914. The van der Waals surface area contributed by atoms with Crippen LogP contribution in [0.3, 0.4) is 0 Å². The van der Waals surface area contributed by atoms with Crippen LogP contribution in [0, 0.1) is 36.9 Å². The molecule has 0 aliphatic rings. The van der Waals surface area contributed by atoms with Crippen molar-refractivity contribution in [1.82, 2.24) is 0 Å². The molecule has 0 fully saturated rings. The maximum atomic E-state index is 10.2. The minimum Gasteiger partial charge on any atom is -0.550 e. The third kappa shape index (κ3) is 76.6. The molecule has 61 heavy (non-hydrogen) atoms. The molecule has 0 N–H and O–H groups in total. The van der Waals surface area contributed by atoms with Gasteiger partial charge in [-0.1, -0.05) is 211 Å². The smallest absolute Gasteiger partial charge is 0.550 e. The summed E-state index contributed by atoms with van der Waals surface area (Å²) < 4.78 is 0. The summed E-state index contributed by atoms with van der Waals surface area (Å²) in [5, 5.41) is 30.6. The summed E-state index contributed by atoms with van der Waals surface area (Å²) in [6, 6.07) is 0. The monoisotopic (exact) mass is 1020 g/mol. The van der Waals surface area contributed by atoms with E-state index in [1.807, 2.05) is 0 Å². The zero-order valence-corrected chi connectivity index (χ0v) is 42.0. The second-order valence-corrected chi connectivity index (χ2v) is 17.1. The molecule has 0 amide bonds. The number of carboxylic acids is 3. The molecule has 6 nitrogen and oxygen atoms in total. The Bertz CT molecular complexity index is 827. The molecule has 0 aromatic heterocycles. The fourth-order valence-electron chi connectivity index (χ4n) is 7.02. The Kier molecular flexibility index (Phi) is 68.8. The molecule has 0 unspecified atom stereocenters. The number of carbonyl (C=O) groups excluding carboxylic acids is 3. The van der Waals surface area contributed by atoms with Gasteiger partial charge in [-0.3, -0.25) is 0 Å². The molecule has 0 radical (unpaired) electrons. The molecule has 0 atom stereocenters. The number of carboxylic acid groups (broad SMARTS) is 3. The summed E-state index contributed by atoms with van der Waals surface area (Å²) in [5.41, 5.74) is 0. The van der Waals surface area contributed by atoms with Crippen molar-refractivity contribution < 1.29 is 66.6 Å². The SMILES string of the molecule is CCCCCCCC/C=C\CCCCCCCC(=O)[O-].CCCCCCCC/C=C\CCCCCCCC(=O)[O-].CCCCCCCC/C=C\CCCCCCCC(=O)[O-].[Lu+3]. The molecular formula is C54H99LuO6. The van der Waals surface area contributed by atoms with Crippen LogP contribution in [0.5, 0.6) is 0 Å². The largest absolute Gasteiger partial charge is 3.00 e. The Hall–Kier alpha value is -1.14. The van der Waals surface area contributed by atoms with Gasteiger partial charge in [0.15, 0.2) is 0 Å². The van der Waals surface area contributed by atoms with Gasteiger partial charge in [-0.25, -0.2) is 0 Å². The molecule has 0 spiro atoms. The molecule has 0 aliphatic carbocycles.